The summed E-state index contributed by atoms with van der Waals surface area (Å²) in [4.78, 5) is 22.1. The molecule has 0 fully saturated rings. The van der Waals surface area contributed by atoms with Crippen molar-refractivity contribution in [3.05, 3.63) is 24.0 Å². The molecule has 2 rings (SSSR count). The molecule has 1 aromatic heterocycles. The average molecular weight is 350 g/mol. The van der Waals surface area contributed by atoms with Crippen LogP contribution in [-0.4, -0.2) is 43.9 Å². The molecule has 0 radical (unpaired) electrons. The van der Waals surface area contributed by atoms with Crippen LogP contribution < -0.4 is 10.6 Å². The zero-order valence-corrected chi connectivity index (χ0v) is 13.9. The molecular formula is C15H19FN6O3. The fraction of sp³-hybridized carbons (Fsp3) is 0.400. The third kappa shape index (κ3) is 4.96. The molecule has 0 saturated carbocycles. The van der Waals surface area contributed by atoms with E-state index in [1.54, 1.807) is 0 Å². The predicted octanol–water partition coefficient (Wildman–Crippen LogP) is 2.05. The van der Waals surface area contributed by atoms with Gasteiger partial charge in [0, 0.05) is 18.7 Å². The maximum Gasteiger partial charge on any atom is 0.319 e. The topological polar surface area (TPSA) is 122 Å². The van der Waals surface area contributed by atoms with Crippen LogP contribution in [0.3, 0.4) is 0 Å². The van der Waals surface area contributed by atoms with Gasteiger partial charge in [-0.3, -0.25) is 4.79 Å². The van der Waals surface area contributed by atoms with Gasteiger partial charge in [0.2, 0.25) is 0 Å². The number of halogens is 1. The highest BCUT2D eigenvalue weighted by atomic mass is 19.1. The minimum atomic E-state index is -0.927. The lowest BCUT2D eigenvalue weighted by Gasteiger charge is -2.10. The molecule has 3 N–H and O–H groups in total. The van der Waals surface area contributed by atoms with E-state index < -0.39 is 17.8 Å². The molecule has 2 amide bonds. The third-order valence-corrected chi connectivity index (χ3v) is 3.30. The Morgan fingerprint density at radius 1 is 1.36 bits per heavy atom. The average Bonchev–Trinajstić information content (AvgIpc) is 3.01. The first-order chi connectivity index (χ1) is 11.9. The first kappa shape index (κ1) is 18.3. The lowest BCUT2D eigenvalue weighted by atomic mass is 10.1. The summed E-state index contributed by atoms with van der Waals surface area (Å²) >= 11 is 0. The second kappa shape index (κ2) is 8.18. The van der Waals surface area contributed by atoms with Crippen molar-refractivity contribution in [3.63, 3.8) is 0 Å². The van der Waals surface area contributed by atoms with Gasteiger partial charge in [0.15, 0.2) is 5.82 Å². The summed E-state index contributed by atoms with van der Waals surface area (Å²) in [6.45, 7) is 3.96. The Morgan fingerprint density at radius 2 is 2.12 bits per heavy atom. The van der Waals surface area contributed by atoms with E-state index in [9.17, 15) is 14.0 Å². The van der Waals surface area contributed by atoms with Gasteiger partial charge >= 0.3 is 12.0 Å². The van der Waals surface area contributed by atoms with Gasteiger partial charge in [-0.2, -0.15) is 0 Å². The monoisotopic (exact) mass is 350 g/mol. The number of carbonyl (C=O) groups is 2. The minimum absolute atomic E-state index is 0.0289. The molecule has 0 saturated heterocycles. The van der Waals surface area contributed by atoms with Crippen LogP contribution in [0.25, 0.3) is 11.4 Å². The Bertz CT molecular complexity index is 761. The van der Waals surface area contributed by atoms with E-state index in [-0.39, 0.29) is 30.3 Å². The van der Waals surface area contributed by atoms with Gasteiger partial charge in [-0.05, 0) is 48.9 Å². The Kier molecular flexibility index (Phi) is 5.98. The number of nitrogens with zero attached hydrogens (tertiary/aromatic N) is 4. The quantitative estimate of drug-likeness (QED) is 0.657. The number of carboxylic acids is 1. The zero-order valence-electron chi connectivity index (χ0n) is 13.9. The lowest BCUT2D eigenvalue weighted by molar-refractivity contribution is -0.137. The van der Waals surface area contributed by atoms with Crippen molar-refractivity contribution < 1.29 is 19.1 Å². The summed E-state index contributed by atoms with van der Waals surface area (Å²) in [6, 6.07) is 3.63. The van der Waals surface area contributed by atoms with E-state index in [2.05, 4.69) is 26.2 Å². The molecule has 0 unspecified atom stereocenters. The van der Waals surface area contributed by atoms with E-state index in [4.69, 9.17) is 5.11 Å². The molecule has 0 aliphatic carbocycles. The van der Waals surface area contributed by atoms with Gasteiger partial charge in [0.25, 0.3) is 0 Å². The van der Waals surface area contributed by atoms with Crippen LogP contribution in [0.5, 0.6) is 0 Å². The van der Waals surface area contributed by atoms with Gasteiger partial charge in [-0.15, -0.1) is 5.10 Å². The van der Waals surface area contributed by atoms with Crippen molar-refractivity contribution in [1.29, 1.82) is 0 Å². The fourth-order valence-electron chi connectivity index (χ4n) is 2.11. The zero-order chi connectivity index (χ0) is 18.4. The van der Waals surface area contributed by atoms with Gasteiger partial charge in [-0.25, -0.2) is 13.9 Å². The molecule has 0 aliphatic rings. The predicted molar refractivity (Wildman–Crippen MR) is 87.5 cm³/mol. The van der Waals surface area contributed by atoms with E-state index in [0.29, 0.717) is 12.2 Å². The van der Waals surface area contributed by atoms with Crippen LogP contribution in [0.4, 0.5) is 14.9 Å². The summed E-state index contributed by atoms with van der Waals surface area (Å²) in [6.07, 6.45) is 0.280. The molecule has 0 atom stereocenters. The van der Waals surface area contributed by atoms with Crippen molar-refractivity contribution >= 4 is 17.7 Å². The van der Waals surface area contributed by atoms with Gasteiger partial charge < -0.3 is 15.7 Å². The summed E-state index contributed by atoms with van der Waals surface area (Å²) in [5, 5.41) is 24.7. The number of urea groups is 1. The van der Waals surface area contributed by atoms with Crippen molar-refractivity contribution in [1.82, 2.24) is 25.5 Å². The van der Waals surface area contributed by atoms with Gasteiger partial charge in [-0.1, -0.05) is 0 Å². The van der Waals surface area contributed by atoms with Crippen molar-refractivity contribution in [2.75, 3.05) is 11.9 Å². The number of aromatic nitrogens is 4. The first-order valence-corrected chi connectivity index (χ1v) is 7.73. The molecule has 9 nitrogen and oxygen atoms in total. The van der Waals surface area contributed by atoms with E-state index in [1.807, 2.05) is 13.8 Å². The van der Waals surface area contributed by atoms with Crippen LogP contribution in [0.15, 0.2) is 18.2 Å². The van der Waals surface area contributed by atoms with Crippen LogP contribution >= 0.6 is 0 Å². The summed E-state index contributed by atoms with van der Waals surface area (Å²) in [5.41, 5.74) is 0.492. The number of amides is 2. The molecule has 0 aliphatic heterocycles. The van der Waals surface area contributed by atoms with Crippen molar-refractivity contribution in [2.24, 2.45) is 0 Å². The first-order valence-electron chi connectivity index (χ1n) is 7.73. The highest BCUT2D eigenvalue weighted by Crippen LogP contribution is 2.24. The van der Waals surface area contributed by atoms with Crippen LogP contribution in [0.2, 0.25) is 0 Å². The van der Waals surface area contributed by atoms with Crippen LogP contribution in [0.1, 0.15) is 32.7 Å². The SMILES string of the molecule is CC(C)n1nnnc1-c1ccc(NC(=O)NCCCC(=O)O)cc1F. The molecule has 2 aromatic rings. The molecule has 1 heterocycles. The van der Waals surface area contributed by atoms with Crippen molar-refractivity contribution in [2.45, 2.75) is 32.7 Å². The van der Waals surface area contributed by atoms with Crippen LogP contribution in [-0.2, 0) is 4.79 Å². The Balaban J connectivity index is 2.01. The minimum Gasteiger partial charge on any atom is -0.481 e. The maximum absolute atomic E-state index is 14.4. The smallest absolute Gasteiger partial charge is 0.319 e. The number of rotatable bonds is 7. The number of tetrazole rings is 1. The van der Waals surface area contributed by atoms with E-state index in [0.717, 1.165) is 0 Å². The Hall–Kier alpha value is -3.04. The molecular weight excluding hydrogens is 331 g/mol. The molecule has 0 spiro atoms. The summed E-state index contributed by atoms with van der Waals surface area (Å²) in [7, 11) is 0. The fourth-order valence-corrected chi connectivity index (χ4v) is 2.11. The number of aliphatic carboxylic acids is 1. The number of nitrogens with one attached hydrogen (secondary N) is 2. The number of anilines is 1. The van der Waals surface area contributed by atoms with Gasteiger partial charge in [0.1, 0.15) is 5.82 Å². The normalized spacial score (nSPS) is 10.7. The molecule has 10 heteroatoms. The van der Waals surface area contributed by atoms with Gasteiger partial charge in [0.05, 0.1) is 11.6 Å². The lowest BCUT2D eigenvalue weighted by Crippen LogP contribution is -2.29. The van der Waals surface area contributed by atoms with Crippen LogP contribution in [0, 0.1) is 5.82 Å². The highest BCUT2D eigenvalue weighted by Gasteiger charge is 2.16. The maximum atomic E-state index is 14.4. The molecule has 134 valence electrons. The second-order valence-corrected chi connectivity index (χ2v) is 5.61. The van der Waals surface area contributed by atoms with Crippen molar-refractivity contribution in [3.8, 4) is 11.4 Å². The number of carbonyl (C=O) groups excluding carboxylic acids is 1. The number of benzene rings is 1. The second-order valence-electron chi connectivity index (χ2n) is 5.61. The largest absolute Gasteiger partial charge is 0.481 e. The van der Waals surface area contributed by atoms with E-state index in [1.165, 1.54) is 22.9 Å². The molecule has 0 bridgehead atoms. The molecule has 1 aromatic carbocycles. The number of carboxylic acid groups (broad SMARTS) is 1. The Labute approximate surface area is 143 Å². The number of hydrogen-bond donors (Lipinski definition) is 3. The molecule has 25 heavy (non-hydrogen) atoms. The summed E-state index contributed by atoms with van der Waals surface area (Å²) < 4.78 is 15.9. The summed E-state index contributed by atoms with van der Waals surface area (Å²) in [5.74, 6) is -1.19. The third-order valence-electron chi connectivity index (χ3n) is 3.30. The number of hydrogen-bond acceptors (Lipinski definition) is 5. The Morgan fingerprint density at radius 3 is 2.76 bits per heavy atom. The standard InChI is InChI=1S/C15H19FN6O3/c1-9(2)22-14(19-20-21-22)11-6-5-10(8-12(11)16)18-15(25)17-7-3-4-13(23)24/h5-6,8-9H,3-4,7H2,1-2H3,(H,23,24)(H2,17,18,25). The highest BCUT2D eigenvalue weighted by molar-refractivity contribution is 5.89. The van der Waals surface area contributed by atoms with E-state index >= 15 is 0 Å².